The van der Waals surface area contributed by atoms with Crippen molar-refractivity contribution in [3.8, 4) is 0 Å². The molecule has 0 atom stereocenters. The molecule has 1 aliphatic rings. The molecule has 0 radical (unpaired) electrons. The lowest BCUT2D eigenvalue weighted by molar-refractivity contribution is -0.122. The molecule has 24 heavy (non-hydrogen) atoms. The highest BCUT2D eigenvalue weighted by atomic mass is 127. The summed E-state index contributed by atoms with van der Waals surface area (Å²) in [7, 11) is -1.42. The number of guanidine groups is 1. The predicted octanol–water partition coefficient (Wildman–Crippen LogP) is 0.994. The van der Waals surface area contributed by atoms with Gasteiger partial charge in [0.15, 0.2) is 15.8 Å². The minimum Gasteiger partial charge on any atom is -0.356 e. The van der Waals surface area contributed by atoms with E-state index in [0.717, 1.165) is 0 Å². The van der Waals surface area contributed by atoms with E-state index in [1.165, 1.54) is 0 Å². The van der Waals surface area contributed by atoms with Crippen molar-refractivity contribution in [2.24, 2.45) is 4.99 Å². The Morgan fingerprint density at radius 1 is 1.29 bits per heavy atom. The second-order valence-corrected chi connectivity index (χ2v) is 10.3. The molecule has 0 aromatic rings. The summed E-state index contributed by atoms with van der Waals surface area (Å²) in [6, 6.07) is 0. The summed E-state index contributed by atoms with van der Waals surface area (Å²) in [4.78, 5) is 17.9. The van der Waals surface area contributed by atoms with E-state index in [4.69, 9.17) is 0 Å². The van der Waals surface area contributed by atoms with Crippen molar-refractivity contribution >= 4 is 45.7 Å². The second-order valence-electron chi connectivity index (χ2n) is 7.52. The molecule has 0 saturated carbocycles. The molecule has 1 fully saturated rings. The van der Waals surface area contributed by atoms with Crippen LogP contribution < -0.4 is 10.6 Å². The Morgan fingerprint density at radius 2 is 1.88 bits per heavy atom. The van der Waals surface area contributed by atoms with Gasteiger partial charge in [-0.2, -0.15) is 0 Å². The summed E-state index contributed by atoms with van der Waals surface area (Å²) < 4.78 is 23.3. The lowest BCUT2D eigenvalue weighted by Crippen LogP contribution is -2.57. The monoisotopic (exact) mass is 474 g/mol. The van der Waals surface area contributed by atoms with Gasteiger partial charge >= 0.3 is 0 Å². The quantitative estimate of drug-likeness (QED) is 0.362. The summed E-state index contributed by atoms with van der Waals surface area (Å²) in [6.07, 6.45) is 0.339. The van der Waals surface area contributed by atoms with E-state index in [0.29, 0.717) is 32.0 Å². The third-order valence-electron chi connectivity index (χ3n) is 3.70. The van der Waals surface area contributed by atoms with Crippen LogP contribution in [0.15, 0.2) is 4.99 Å². The molecule has 2 N–H and O–H groups in total. The number of halogens is 1. The van der Waals surface area contributed by atoms with Crippen LogP contribution in [-0.2, 0) is 14.6 Å². The molecule has 1 heterocycles. The van der Waals surface area contributed by atoms with Crippen LogP contribution >= 0.6 is 24.0 Å². The number of nitrogens with one attached hydrogen (secondary N) is 2. The Labute approximate surface area is 163 Å². The van der Waals surface area contributed by atoms with E-state index < -0.39 is 14.6 Å². The average molecular weight is 474 g/mol. The third kappa shape index (κ3) is 6.73. The molecule has 0 unspecified atom stereocenters. The van der Waals surface area contributed by atoms with Gasteiger partial charge in [0.25, 0.3) is 0 Å². The highest BCUT2D eigenvalue weighted by Gasteiger charge is 2.40. The van der Waals surface area contributed by atoms with Crippen molar-refractivity contribution in [3.05, 3.63) is 0 Å². The van der Waals surface area contributed by atoms with Crippen LogP contribution in [0.4, 0.5) is 0 Å². The Morgan fingerprint density at radius 3 is 2.33 bits per heavy atom. The zero-order valence-electron chi connectivity index (χ0n) is 15.5. The molecule has 0 aliphatic carbocycles. The SMILES string of the molecule is CN=C(NCCC(=O)NC(C)(C)C)N1CCS(=O)(=O)C(C)(C)C1.I. The lowest BCUT2D eigenvalue weighted by atomic mass is 10.1. The summed E-state index contributed by atoms with van der Waals surface area (Å²) in [5, 5.41) is 6.04. The van der Waals surface area contributed by atoms with Gasteiger partial charge in [0, 0.05) is 38.6 Å². The lowest BCUT2D eigenvalue weighted by Gasteiger charge is -2.39. The Bertz CT molecular complexity index is 568. The smallest absolute Gasteiger partial charge is 0.222 e. The highest BCUT2D eigenvalue weighted by molar-refractivity contribution is 14.0. The van der Waals surface area contributed by atoms with E-state index in [-0.39, 0.29) is 41.2 Å². The van der Waals surface area contributed by atoms with Gasteiger partial charge in [-0.3, -0.25) is 9.79 Å². The number of amides is 1. The largest absolute Gasteiger partial charge is 0.356 e. The number of hydrogen-bond acceptors (Lipinski definition) is 4. The maximum atomic E-state index is 12.1. The average Bonchev–Trinajstić information content (AvgIpc) is 2.36. The molecule has 7 nitrogen and oxygen atoms in total. The number of nitrogens with zero attached hydrogens (tertiary/aromatic N) is 2. The van der Waals surface area contributed by atoms with Gasteiger partial charge in [-0.1, -0.05) is 0 Å². The second kappa shape index (κ2) is 8.68. The van der Waals surface area contributed by atoms with Crippen molar-refractivity contribution in [1.82, 2.24) is 15.5 Å². The van der Waals surface area contributed by atoms with Gasteiger partial charge in [0.05, 0.1) is 10.5 Å². The maximum absolute atomic E-state index is 12.1. The fourth-order valence-corrected chi connectivity index (χ4v) is 3.79. The number of aliphatic imine (C=N–C) groups is 1. The summed E-state index contributed by atoms with van der Waals surface area (Å²) in [6.45, 7) is 10.5. The van der Waals surface area contributed by atoms with Crippen LogP contribution in [0, 0.1) is 0 Å². The minimum absolute atomic E-state index is 0. The molecule has 9 heteroatoms. The van der Waals surface area contributed by atoms with Crippen LogP contribution in [0.5, 0.6) is 0 Å². The summed E-state index contributed by atoms with van der Waals surface area (Å²) in [5.41, 5.74) is -0.246. The van der Waals surface area contributed by atoms with Gasteiger partial charge in [0.1, 0.15) is 0 Å². The Hall–Kier alpha value is -0.580. The first-order chi connectivity index (χ1) is 10.4. The molecule has 1 saturated heterocycles. The van der Waals surface area contributed by atoms with Gasteiger partial charge in [-0.05, 0) is 34.6 Å². The fraction of sp³-hybridized carbons (Fsp3) is 0.867. The molecule has 0 bridgehead atoms. The standard InChI is InChI=1S/C15H30N4O3S.HI/c1-14(2,3)18-12(20)7-8-17-13(16-6)19-9-10-23(21,22)15(4,5)11-19;/h7-11H2,1-6H3,(H,16,17)(H,18,20);1H. The maximum Gasteiger partial charge on any atom is 0.222 e. The van der Waals surface area contributed by atoms with E-state index in [2.05, 4.69) is 15.6 Å². The van der Waals surface area contributed by atoms with Crippen molar-refractivity contribution in [3.63, 3.8) is 0 Å². The molecule has 1 rings (SSSR count). The fourth-order valence-electron chi connectivity index (χ4n) is 2.43. The molecule has 1 amide bonds. The third-order valence-corrected chi connectivity index (χ3v) is 6.24. The summed E-state index contributed by atoms with van der Waals surface area (Å²) >= 11 is 0. The summed E-state index contributed by atoms with van der Waals surface area (Å²) in [5.74, 6) is 0.726. The predicted molar refractivity (Wildman–Crippen MR) is 109 cm³/mol. The van der Waals surface area contributed by atoms with E-state index >= 15 is 0 Å². The Balaban J connectivity index is 0.00000529. The topological polar surface area (TPSA) is 90.9 Å². The molecule has 1 aliphatic heterocycles. The zero-order chi connectivity index (χ0) is 17.9. The van der Waals surface area contributed by atoms with Crippen LogP contribution in [-0.4, -0.2) is 67.9 Å². The molecule has 0 aromatic carbocycles. The molecule has 0 spiro atoms. The van der Waals surface area contributed by atoms with E-state index in [1.54, 1.807) is 20.9 Å². The van der Waals surface area contributed by atoms with Gasteiger partial charge in [-0.25, -0.2) is 8.42 Å². The number of sulfone groups is 1. The number of rotatable bonds is 3. The molecular weight excluding hydrogens is 443 g/mol. The molecule has 0 aromatic heterocycles. The van der Waals surface area contributed by atoms with Crippen LogP contribution in [0.2, 0.25) is 0 Å². The van der Waals surface area contributed by atoms with Crippen LogP contribution in [0.1, 0.15) is 41.0 Å². The first-order valence-electron chi connectivity index (χ1n) is 7.87. The number of carbonyl (C=O) groups excluding carboxylic acids is 1. The van der Waals surface area contributed by atoms with Crippen LogP contribution in [0.3, 0.4) is 0 Å². The first-order valence-corrected chi connectivity index (χ1v) is 9.52. The van der Waals surface area contributed by atoms with E-state index in [9.17, 15) is 13.2 Å². The van der Waals surface area contributed by atoms with Crippen molar-refractivity contribution in [2.75, 3.05) is 32.4 Å². The van der Waals surface area contributed by atoms with Crippen molar-refractivity contribution < 1.29 is 13.2 Å². The van der Waals surface area contributed by atoms with Gasteiger partial charge in [-0.15, -0.1) is 24.0 Å². The molecular formula is C15H31IN4O3S. The van der Waals surface area contributed by atoms with Gasteiger partial charge in [0.2, 0.25) is 5.91 Å². The number of hydrogen-bond donors (Lipinski definition) is 2. The van der Waals surface area contributed by atoms with Gasteiger partial charge < -0.3 is 15.5 Å². The van der Waals surface area contributed by atoms with Crippen molar-refractivity contribution in [2.45, 2.75) is 51.3 Å². The van der Waals surface area contributed by atoms with Crippen molar-refractivity contribution in [1.29, 1.82) is 0 Å². The molecule has 142 valence electrons. The normalized spacial score (nSPS) is 20.1. The first kappa shape index (κ1) is 23.4. The minimum atomic E-state index is -3.08. The number of carbonyl (C=O) groups is 1. The van der Waals surface area contributed by atoms with E-state index in [1.807, 2.05) is 25.7 Å². The Kier molecular flexibility index (Phi) is 8.47. The van der Waals surface area contributed by atoms with Crippen LogP contribution in [0.25, 0.3) is 0 Å². The highest BCUT2D eigenvalue weighted by Crippen LogP contribution is 2.23. The zero-order valence-corrected chi connectivity index (χ0v) is 18.6.